The third-order valence-electron chi connectivity index (χ3n) is 2.85. The van der Waals surface area contributed by atoms with Crippen molar-refractivity contribution < 1.29 is 5.11 Å². The van der Waals surface area contributed by atoms with Crippen LogP contribution < -0.4 is 11.1 Å². The summed E-state index contributed by atoms with van der Waals surface area (Å²) in [4.78, 5) is 8.46. The first-order valence-electron chi connectivity index (χ1n) is 5.91. The first kappa shape index (κ1) is 12.6. The average molecular weight is 246 g/mol. The Morgan fingerprint density at radius 1 is 1.33 bits per heavy atom. The summed E-state index contributed by atoms with van der Waals surface area (Å²) in [7, 11) is 0. The molecule has 0 aliphatic carbocycles. The summed E-state index contributed by atoms with van der Waals surface area (Å²) in [5.74, 6) is 0.741. The predicted octanol–water partition coefficient (Wildman–Crippen LogP) is 1.78. The van der Waals surface area contributed by atoms with Gasteiger partial charge in [0.2, 0.25) is 0 Å². The zero-order valence-corrected chi connectivity index (χ0v) is 10.6. The maximum Gasteiger partial charge on any atom is 0.137 e. The molecule has 1 aromatic heterocycles. The number of nitrogens with one attached hydrogen (secondary N) is 1. The van der Waals surface area contributed by atoms with Crippen LogP contribution in [0.25, 0.3) is 10.9 Å². The van der Waals surface area contributed by atoms with E-state index in [1.54, 1.807) is 0 Å². The largest absolute Gasteiger partial charge is 0.399 e. The van der Waals surface area contributed by atoms with Crippen LogP contribution in [0.5, 0.6) is 0 Å². The minimum atomic E-state index is -0.235. The molecular formula is C13H18N4O. The van der Waals surface area contributed by atoms with Crippen molar-refractivity contribution in [3.8, 4) is 0 Å². The number of nitrogens with zero attached hydrogens (tertiary/aromatic N) is 2. The Bertz CT molecular complexity index is 554. The van der Waals surface area contributed by atoms with E-state index >= 15 is 0 Å². The molecule has 0 saturated carbocycles. The Hall–Kier alpha value is -1.88. The molecule has 0 fully saturated rings. The fourth-order valence-electron chi connectivity index (χ4n) is 1.84. The molecule has 2 rings (SSSR count). The number of nitrogen functional groups attached to an aromatic ring is 1. The van der Waals surface area contributed by atoms with Gasteiger partial charge in [0.1, 0.15) is 12.1 Å². The lowest BCUT2D eigenvalue weighted by molar-refractivity contribution is 0.260. The molecule has 0 unspecified atom stereocenters. The van der Waals surface area contributed by atoms with E-state index < -0.39 is 0 Å². The third-order valence-corrected chi connectivity index (χ3v) is 2.85. The number of aliphatic hydroxyl groups excluding tert-OH is 1. The maximum absolute atomic E-state index is 9.04. The second kappa shape index (κ2) is 4.78. The summed E-state index contributed by atoms with van der Waals surface area (Å²) in [6.45, 7) is 4.16. The van der Waals surface area contributed by atoms with Crippen LogP contribution in [0.15, 0.2) is 24.5 Å². The van der Waals surface area contributed by atoms with Crippen LogP contribution in [0.2, 0.25) is 0 Å². The van der Waals surface area contributed by atoms with Crippen molar-refractivity contribution in [2.75, 3.05) is 17.7 Å². The predicted molar refractivity (Wildman–Crippen MR) is 73.4 cm³/mol. The normalized spacial score (nSPS) is 11.7. The summed E-state index contributed by atoms with van der Waals surface area (Å²) in [6.07, 6.45) is 2.16. The number of nitrogens with two attached hydrogens (primary N) is 1. The second-order valence-corrected chi connectivity index (χ2v) is 4.98. The number of aliphatic hydroxyl groups is 1. The Morgan fingerprint density at radius 3 is 2.83 bits per heavy atom. The fraction of sp³-hybridized carbons (Fsp3) is 0.385. The van der Waals surface area contributed by atoms with E-state index in [1.165, 1.54) is 6.33 Å². The van der Waals surface area contributed by atoms with E-state index in [1.807, 2.05) is 32.0 Å². The van der Waals surface area contributed by atoms with Gasteiger partial charge in [-0.25, -0.2) is 9.97 Å². The van der Waals surface area contributed by atoms with Crippen LogP contribution in [-0.4, -0.2) is 27.2 Å². The number of hydrogen-bond acceptors (Lipinski definition) is 5. The Labute approximate surface area is 106 Å². The second-order valence-electron chi connectivity index (χ2n) is 4.98. The number of anilines is 2. The highest BCUT2D eigenvalue weighted by Gasteiger charge is 2.18. The van der Waals surface area contributed by atoms with Gasteiger partial charge in [-0.1, -0.05) is 0 Å². The molecule has 1 heterocycles. The molecular weight excluding hydrogens is 228 g/mol. The van der Waals surface area contributed by atoms with Crippen LogP contribution in [0, 0.1) is 0 Å². The SMILES string of the molecule is CC(C)(CCO)Nc1ncnc2ccc(N)cc12. The highest BCUT2D eigenvalue weighted by molar-refractivity contribution is 5.91. The van der Waals surface area contributed by atoms with Gasteiger partial charge < -0.3 is 16.2 Å². The Kier molecular flexibility index (Phi) is 3.34. The molecule has 1 aromatic carbocycles. The highest BCUT2D eigenvalue weighted by Crippen LogP contribution is 2.25. The Balaban J connectivity index is 2.41. The van der Waals surface area contributed by atoms with E-state index in [2.05, 4.69) is 15.3 Å². The van der Waals surface area contributed by atoms with Crippen molar-refractivity contribution in [3.63, 3.8) is 0 Å². The first-order chi connectivity index (χ1) is 8.52. The summed E-state index contributed by atoms with van der Waals surface area (Å²) < 4.78 is 0. The van der Waals surface area contributed by atoms with Crippen molar-refractivity contribution in [3.05, 3.63) is 24.5 Å². The minimum Gasteiger partial charge on any atom is -0.399 e. The highest BCUT2D eigenvalue weighted by atomic mass is 16.3. The summed E-state index contributed by atoms with van der Waals surface area (Å²) in [6, 6.07) is 5.54. The number of aromatic nitrogens is 2. The van der Waals surface area contributed by atoms with Crippen molar-refractivity contribution in [2.24, 2.45) is 0 Å². The fourth-order valence-corrected chi connectivity index (χ4v) is 1.84. The zero-order valence-electron chi connectivity index (χ0n) is 10.6. The van der Waals surface area contributed by atoms with Gasteiger partial charge in [-0.05, 0) is 38.5 Å². The Morgan fingerprint density at radius 2 is 2.11 bits per heavy atom. The molecule has 0 saturated heterocycles. The molecule has 5 heteroatoms. The molecule has 96 valence electrons. The molecule has 2 aromatic rings. The van der Waals surface area contributed by atoms with Gasteiger partial charge >= 0.3 is 0 Å². The minimum absolute atomic E-state index is 0.130. The van der Waals surface area contributed by atoms with Crippen LogP contribution in [0.1, 0.15) is 20.3 Å². The number of rotatable bonds is 4. The van der Waals surface area contributed by atoms with Gasteiger partial charge in [0.25, 0.3) is 0 Å². The van der Waals surface area contributed by atoms with E-state index in [9.17, 15) is 0 Å². The van der Waals surface area contributed by atoms with Gasteiger partial charge in [-0.3, -0.25) is 0 Å². The molecule has 0 radical (unpaired) electrons. The topological polar surface area (TPSA) is 84.1 Å². The lowest BCUT2D eigenvalue weighted by atomic mass is 10.0. The first-order valence-corrected chi connectivity index (χ1v) is 5.91. The van der Waals surface area contributed by atoms with E-state index in [0.29, 0.717) is 12.1 Å². The quantitative estimate of drug-likeness (QED) is 0.716. The molecule has 0 spiro atoms. The molecule has 0 amide bonds. The molecule has 0 atom stereocenters. The van der Waals surface area contributed by atoms with Gasteiger partial charge in [0.15, 0.2) is 0 Å². The van der Waals surface area contributed by atoms with Crippen LogP contribution in [-0.2, 0) is 0 Å². The third kappa shape index (κ3) is 2.68. The number of benzene rings is 1. The molecule has 5 nitrogen and oxygen atoms in total. The van der Waals surface area contributed by atoms with Gasteiger partial charge in [0.05, 0.1) is 5.52 Å². The van der Waals surface area contributed by atoms with Crippen molar-refractivity contribution in [2.45, 2.75) is 25.8 Å². The molecule has 0 aliphatic rings. The van der Waals surface area contributed by atoms with E-state index in [4.69, 9.17) is 10.8 Å². The average Bonchev–Trinajstić information content (AvgIpc) is 2.29. The van der Waals surface area contributed by atoms with Crippen molar-refractivity contribution in [1.82, 2.24) is 9.97 Å². The van der Waals surface area contributed by atoms with Crippen LogP contribution >= 0.6 is 0 Å². The smallest absolute Gasteiger partial charge is 0.137 e. The lowest BCUT2D eigenvalue weighted by Gasteiger charge is -2.26. The molecule has 4 N–H and O–H groups in total. The maximum atomic E-state index is 9.04. The molecule has 18 heavy (non-hydrogen) atoms. The van der Waals surface area contributed by atoms with Crippen molar-refractivity contribution >= 4 is 22.4 Å². The van der Waals surface area contributed by atoms with Crippen LogP contribution in [0.4, 0.5) is 11.5 Å². The van der Waals surface area contributed by atoms with Crippen LogP contribution in [0.3, 0.4) is 0 Å². The molecule has 0 bridgehead atoms. The lowest BCUT2D eigenvalue weighted by Crippen LogP contribution is -2.32. The monoisotopic (exact) mass is 246 g/mol. The summed E-state index contributed by atoms with van der Waals surface area (Å²) in [5.41, 5.74) is 7.09. The van der Waals surface area contributed by atoms with E-state index in [-0.39, 0.29) is 12.1 Å². The van der Waals surface area contributed by atoms with Crippen molar-refractivity contribution in [1.29, 1.82) is 0 Å². The number of fused-ring (bicyclic) bond motifs is 1. The summed E-state index contributed by atoms with van der Waals surface area (Å²) in [5, 5.41) is 13.3. The summed E-state index contributed by atoms with van der Waals surface area (Å²) >= 11 is 0. The van der Waals surface area contributed by atoms with Gasteiger partial charge in [0, 0.05) is 23.2 Å². The van der Waals surface area contributed by atoms with Gasteiger partial charge in [-0.2, -0.15) is 0 Å². The van der Waals surface area contributed by atoms with Gasteiger partial charge in [-0.15, -0.1) is 0 Å². The standard InChI is InChI=1S/C13H18N4O/c1-13(2,5-6-18)17-12-10-7-9(14)3-4-11(10)15-8-16-12/h3-4,7-8,18H,5-6,14H2,1-2H3,(H,15,16,17). The zero-order chi connectivity index (χ0) is 13.2. The van der Waals surface area contributed by atoms with E-state index in [0.717, 1.165) is 16.7 Å². The number of hydrogen-bond donors (Lipinski definition) is 3. The molecule has 0 aliphatic heterocycles.